The summed E-state index contributed by atoms with van der Waals surface area (Å²) in [6.45, 7) is 2.42. The number of carbonyl (C=O) groups is 2. The number of esters is 1. The standard InChI is InChI=1S/C24H21N3O4S/c1-3-31-21-14-20(15-7-5-4-6-8-15)26-18-10-9-16(13-17(18)21)25-24(29)27-19-11-12-32-22(19)23(28)30-2/h4-14H,3H2,1-2H3,(H2,25,27,29). The number of aromatic nitrogens is 1. The molecule has 0 atom stereocenters. The van der Waals surface area contributed by atoms with Gasteiger partial charge in [0.25, 0.3) is 0 Å². The number of pyridine rings is 1. The number of rotatable bonds is 6. The fraction of sp³-hybridized carbons (Fsp3) is 0.125. The summed E-state index contributed by atoms with van der Waals surface area (Å²) < 4.78 is 10.6. The fourth-order valence-corrected chi connectivity index (χ4v) is 4.01. The predicted octanol–water partition coefficient (Wildman–Crippen LogP) is 5.79. The zero-order valence-corrected chi connectivity index (χ0v) is 18.4. The molecule has 32 heavy (non-hydrogen) atoms. The summed E-state index contributed by atoms with van der Waals surface area (Å²) >= 11 is 1.20. The van der Waals surface area contributed by atoms with Crippen LogP contribution in [0, 0.1) is 0 Å². The first kappa shape index (κ1) is 21.3. The van der Waals surface area contributed by atoms with Gasteiger partial charge in [0.15, 0.2) is 0 Å². The first-order chi connectivity index (χ1) is 15.6. The highest BCUT2D eigenvalue weighted by molar-refractivity contribution is 7.12. The van der Waals surface area contributed by atoms with Gasteiger partial charge in [-0.05, 0) is 36.6 Å². The van der Waals surface area contributed by atoms with E-state index < -0.39 is 12.0 Å². The summed E-state index contributed by atoms with van der Waals surface area (Å²) in [5.74, 6) is 0.189. The van der Waals surface area contributed by atoms with Gasteiger partial charge in [-0.3, -0.25) is 0 Å². The SMILES string of the molecule is CCOc1cc(-c2ccccc2)nc2ccc(NC(=O)Nc3ccsc3C(=O)OC)cc12. The molecule has 0 saturated heterocycles. The van der Waals surface area contributed by atoms with Gasteiger partial charge in [0.1, 0.15) is 10.6 Å². The van der Waals surface area contributed by atoms with E-state index in [1.807, 2.05) is 55.5 Å². The molecule has 2 heterocycles. The van der Waals surface area contributed by atoms with Gasteiger partial charge in [-0.15, -0.1) is 11.3 Å². The molecular formula is C24H21N3O4S. The lowest BCUT2D eigenvalue weighted by Crippen LogP contribution is -2.20. The van der Waals surface area contributed by atoms with E-state index in [0.29, 0.717) is 28.6 Å². The molecule has 0 aliphatic carbocycles. The number of carbonyl (C=O) groups excluding carboxylic acids is 2. The topological polar surface area (TPSA) is 89.5 Å². The molecule has 0 aliphatic rings. The highest BCUT2D eigenvalue weighted by Gasteiger charge is 2.16. The fourth-order valence-electron chi connectivity index (χ4n) is 3.25. The molecule has 2 aromatic carbocycles. The van der Waals surface area contributed by atoms with Crippen LogP contribution in [0.1, 0.15) is 16.6 Å². The van der Waals surface area contributed by atoms with E-state index in [-0.39, 0.29) is 0 Å². The van der Waals surface area contributed by atoms with Crippen molar-refractivity contribution in [3.05, 3.63) is 70.9 Å². The van der Waals surface area contributed by atoms with Crippen molar-refractivity contribution in [3.8, 4) is 17.0 Å². The van der Waals surface area contributed by atoms with E-state index in [4.69, 9.17) is 14.5 Å². The minimum atomic E-state index is -0.498. The average Bonchev–Trinajstić information content (AvgIpc) is 3.27. The van der Waals surface area contributed by atoms with Crippen molar-refractivity contribution in [1.29, 1.82) is 0 Å². The lowest BCUT2D eigenvalue weighted by Gasteiger charge is -2.13. The summed E-state index contributed by atoms with van der Waals surface area (Å²) in [5.41, 5.74) is 3.53. The van der Waals surface area contributed by atoms with Crippen LogP contribution < -0.4 is 15.4 Å². The maximum atomic E-state index is 12.5. The molecule has 4 rings (SSSR count). The van der Waals surface area contributed by atoms with Gasteiger partial charge in [0.05, 0.1) is 30.6 Å². The molecule has 0 fully saturated rings. The van der Waals surface area contributed by atoms with Crippen LogP contribution in [0.2, 0.25) is 0 Å². The van der Waals surface area contributed by atoms with E-state index in [0.717, 1.165) is 22.2 Å². The van der Waals surface area contributed by atoms with E-state index in [1.54, 1.807) is 17.5 Å². The number of amides is 2. The highest BCUT2D eigenvalue weighted by atomic mass is 32.1. The Hall–Kier alpha value is -3.91. The molecule has 0 bridgehead atoms. The van der Waals surface area contributed by atoms with E-state index in [9.17, 15) is 9.59 Å². The smallest absolute Gasteiger partial charge is 0.350 e. The third kappa shape index (κ3) is 4.55. The van der Waals surface area contributed by atoms with Crippen LogP contribution in [0.5, 0.6) is 5.75 Å². The molecule has 0 unspecified atom stereocenters. The molecule has 0 saturated carbocycles. The first-order valence-electron chi connectivity index (χ1n) is 9.96. The minimum Gasteiger partial charge on any atom is -0.493 e. The lowest BCUT2D eigenvalue weighted by molar-refractivity contribution is 0.0607. The lowest BCUT2D eigenvalue weighted by atomic mass is 10.1. The van der Waals surface area contributed by atoms with Crippen LogP contribution in [0.15, 0.2) is 66.0 Å². The van der Waals surface area contributed by atoms with E-state index >= 15 is 0 Å². The molecule has 2 aromatic heterocycles. The average molecular weight is 448 g/mol. The molecule has 0 spiro atoms. The number of urea groups is 1. The van der Waals surface area contributed by atoms with Gasteiger partial charge in [-0.2, -0.15) is 0 Å². The van der Waals surface area contributed by atoms with Crippen LogP contribution >= 0.6 is 11.3 Å². The molecular weight excluding hydrogens is 426 g/mol. The second-order valence-electron chi connectivity index (χ2n) is 6.77. The Bertz CT molecular complexity index is 1270. The van der Waals surface area contributed by atoms with Crippen LogP contribution in [0.25, 0.3) is 22.2 Å². The molecule has 2 amide bonds. The van der Waals surface area contributed by atoms with Gasteiger partial charge in [0.2, 0.25) is 0 Å². The third-order valence-electron chi connectivity index (χ3n) is 4.68. The number of thiophene rings is 1. The number of benzene rings is 2. The van der Waals surface area contributed by atoms with E-state index in [1.165, 1.54) is 18.4 Å². The Balaban J connectivity index is 1.60. The molecule has 0 radical (unpaired) electrons. The molecule has 8 heteroatoms. The summed E-state index contributed by atoms with van der Waals surface area (Å²) in [7, 11) is 1.30. The minimum absolute atomic E-state index is 0.331. The Morgan fingerprint density at radius 2 is 1.84 bits per heavy atom. The van der Waals surface area contributed by atoms with Crippen molar-refractivity contribution in [2.24, 2.45) is 0 Å². The van der Waals surface area contributed by atoms with Gasteiger partial charge >= 0.3 is 12.0 Å². The number of hydrogen-bond acceptors (Lipinski definition) is 6. The number of ether oxygens (including phenoxy) is 2. The van der Waals surface area contributed by atoms with Crippen LogP contribution in [-0.4, -0.2) is 30.7 Å². The first-order valence-corrected chi connectivity index (χ1v) is 10.8. The van der Waals surface area contributed by atoms with Gasteiger partial charge < -0.3 is 20.1 Å². The zero-order valence-electron chi connectivity index (χ0n) is 17.5. The normalized spacial score (nSPS) is 10.6. The Labute approximate surface area is 189 Å². The molecule has 0 aliphatic heterocycles. The number of nitrogens with one attached hydrogen (secondary N) is 2. The summed E-state index contributed by atoms with van der Waals surface area (Å²) in [6.07, 6.45) is 0. The Morgan fingerprint density at radius 3 is 2.59 bits per heavy atom. The van der Waals surface area contributed by atoms with Crippen molar-refractivity contribution in [2.45, 2.75) is 6.92 Å². The summed E-state index contributed by atoms with van der Waals surface area (Å²) in [5, 5.41) is 7.97. The number of nitrogens with zero attached hydrogens (tertiary/aromatic N) is 1. The number of methoxy groups -OCH3 is 1. The second-order valence-corrected chi connectivity index (χ2v) is 7.69. The predicted molar refractivity (Wildman–Crippen MR) is 127 cm³/mol. The largest absolute Gasteiger partial charge is 0.493 e. The second kappa shape index (κ2) is 9.49. The van der Waals surface area contributed by atoms with Crippen molar-refractivity contribution in [1.82, 2.24) is 4.98 Å². The third-order valence-corrected chi connectivity index (χ3v) is 5.58. The van der Waals surface area contributed by atoms with Gasteiger partial charge in [-0.25, -0.2) is 14.6 Å². The van der Waals surface area contributed by atoms with E-state index in [2.05, 4.69) is 10.6 Å². The number of fused-ring (bicyclic) bond motifs is 1. The molecule has 4 aromatic rings. The molecule has 2 N–H and O–H groups in total. The highest BCUT2D eigenvalue weighted by Crippen LogP contribution is 2.32. The zero-order chi connectivity index (χ0) is 22.5. The summed E-state index contributed by atoms with van der Waals surface area (Å²) in [4.78, 5) is 29.4. The van der Waals surface area contributed by atoms with Crippen molar-refractivity contribution in [2.75, 3.05) is 24.4 Å². The van der Waals surface area contributed by atoms with Gasteiger partial charge in [0, 0.05) is 22.7 Å². The van der Waals surface area contributed by atoms with Crippen molar-refractivity contribution < 1.29 is 19.1 Å². The van der Waals surface area contributed by atoms with Crippen LogP contribution in [-0.2, 0) is 4.74 Å². The van der Waals surface area contributed by atoms with Gasteiger partial charge in [-0.1, -0.05) is 30.3 Å². The molecule has 162 valence electrons. The Morgan fingerprint density at radius 1 is 1.03 bits per heavy atom. The summed E-state index contributed by atoms with van der Waals surface area (Å²) in [6, 6.07) is 18.4. The monoisotopic (exact) mass is 447 g/mol. The molecule has 7 nitrogen and oxygen atoms in total. The van der Waals surface area contributed by atoms with Crippen molar-refractivity contribution >= 4 is 45.6 Å². The Kier molecular flexibility index (Phi) is 6.32. The van der Waals surface area contributed by atoms with Crippen LogP contribution in [0.3, 0.4) is 0 Å². The quantitative estimate of drug-likeness (QED) is 0.365. The maximum Gasteiger partial charge on any atom is 0.350 e. The van der Waals surface area contributed by atoms with Crippen LogP contribution in [0.4, 0.5) is 16.2 Å². The number of anilines is 2. The van der Waals surface area contributed by atoms with Crippen molar-refractivity contribution in [3.63, 3.8) is 0 Å². The number of hydrogen-bond donors (Lipinski definition) is 2. The maximum absolute atomic E-state index is 12.5.